The van der Waals surface area contributed by atoms with E-state index in [0.29, 0.717) is 19.6 Å². The Morgan fingerprint density at radius 2 is 1.95 bits per heavy atom. The minimum absolute atomic E-state index is 0.0288. The lowest BCUT2D eigenvalue weighted by molar-refractivity contribution is -0.129. The number of rotatable bonds is 4. The fourth-order valence-corrected chi connectivity index (χ4v) is 2.34. The third kappa shape index (κ3) is 3.78. The number of carbonyl (C=O) groups is 2. The lowest BCUT2D eigenvalue weighted by Gasteiger charge is -2.22. The first-order valence-electron chi connectivity index (χ1n) is 7.65. The zero-order chi connectivity index (χ0) is 16.3. The Morgan fingerprint density at radius 3 is 2.50 bits per heavy atom. The van der Waals surface area contributed by atoms with Gasteiger partial charge in [0.05, 0.1) is 12.6 Å². The molecule has 0 spiro atoms. The van der Waals surface area contributed by atoms with Crippen LogP contribution in [0.5, 0.6) is 5.75 Å². The molecule has 0 aromatic heterocycles. The Kier molecular flexibility index (Phi) is 4.74. The van der Waals surface area contributed by atoms with Gasteiger partial charge in [0.1, 0.15) is 5.75 Å². The molecule has 0 saturated carbocycles. The van der Waals surface area contributed by atoms with Crippen LogP contribution in [0.15, 0.2) is 24.3 Å². The molecule has 1 aromatic carbocycles. The molecule has 120 valence electrons. The molecule has 0 radical (unpaired) electrons. The van der Waals surface area contributed by atoms with E-state index in [9.17, 15) is 9.59 Å². The number of nitrogens with one attached hydrogen (secondary N) is 1. The van der Waals surface area contributed by atoms with Crippen molar-refractivity contribution < 1.29 is 14.3 Å². The van der Waals surface area contributed by atoms with Crippen LogP contribution in [0.1, 0.15) is 34.1 Å². The van der Waals surface area contributed by atoms with E-state index in [-0.39, 0.29) is 17.9 Å². The molecule has 5 nitrogen and oxygen atoms in total. The summed E-state index contributed by atoms with van der Waals surface area (Å²) in [7, 11) is 0. The van der Waals surface area contributed by atoms with E-state index in [1.807, 2.05) is 52.0 Å². The first kappa shape index (κ1) is 16.3. The number of hydrogen-bond donors (Lipinski definition) is 1. The number of carbonyl (C=O) groups excluding carboxylic acids is 2. The maximum absolute atomic E-state index is 12.2. The Hall–Kier alpha value is -2.04. The zero-order valence-corrected chi connectivity index (χ0v) is 13.7. The molecule has 1 aliphatic heterocycles. The van der Waals surface area contributed by atoms with Crippen molar-refractivity contribution in [1.29, 1.82) is 0 Å². The third-order valence-corrected chi connectivity index (χ3v) is 3.60. The summed E-state index contributed by atoms with van der Waals surface area (Å²) < 4.78 is 5.40. The molecule has 1 unspecified atom stereocenters. The lowest BCUT2D eigenvalue weighted by atomic mass is 9.95. The van der Waals surface area contributed by atoms with E-state index in [4.69, 9.17) is 4.74 Å². The Bertz CT molecular complexity index is 546. The molecule has 22 heavy (non-hydrogen) atoms. The standard InChI is InChI=1S/C17H24N2O3/c1-5-22-14-8-6-13(7-9-14)19-11-12(10-15(19)20)18-16(21)17(2,3)4/h6-9,12H,5,10-11H2,1-4H3,(H,18,21). The molecular formula is C17H24N2O3. The van der Waals surface area contributed by atoms with E-state index in [0.717, 1.165) is 11.4 Å². The highest BCUT2D eigenvalue weighted by molar-refractivity contribution is 5.97. The average molecular weight is 304 g/mol. The maximum Gasteiger partial charge on any atom is 0.229 e. The highest BCUT2D eigenvalue weighted by Gasteiger charge is 2.33. The van der Waals surface area contributed by atoms with Crippen molar-refractivity contribution in [3.05, 3.63) is 24.3 Å². The molecule has 1 N–H and O–H groups in total. The maximum atomic E-state index is 12.2. The summed E-state index contributed by atoms with van der Waals surface area (Å²) in [6.07, 6.45) is 0.342. The van der Waals surface area contributed by atoms with Crippen LogP contribution in [-0.2, 0) is 9.59 Å². The first-order chi connectivity index (χ1) is 10.3. The summed E-state index contributed by atoms with van der Waals surface area (Å²) in [5.41, 5.74) is 0.385. The summed E-state index contributed by atoms with van der Waals surface area (Å²) in [5.74, 6) is 0.790. The first-order valence-corrected chi connectivity index (χ1v) is 7.65. The molecule has 1 saturated heterocycles. The van der Waals surface area contributed by atoms with Crippen molar-refractivity contribution in [2.45, 2.75) is 40.2 Å². The smallest absolute Gasteiger partial charge is 0.229 e. The highest BCUT2D eigenvalue weighted by atomic mass is 16.5. The van der Waals surface area contributed by atoms with E-state index in [2.05, 4.69) is 5.32 Å². The second-order valence-corrected chi connectivity index (χ2v) is 6.56. The van der Waals surface area contributed by atoms with Gasteiger partial charge in [0, 0.05) is 24.1 Å². The van der Waals surface area contributed by atoms with Gasteiger partial charge in [-0.2, -0.15) is 0 Å². The van der Waals surface area contributed by atoms with Crippen LogP contribution in [0, 0.1) is 5.41 Å². The van der Waals surface area contributed by atoms with E-state index in [1.165, 1.54) is 0 Å². The van der Waals surface area contributed by atoms with E-state index in [1.54, 1.807) is 4.90 Å². The van der Waals surface area contributed by atoms with Crippen LogP contribution in [0.2, 0.25) is 0 Å². The average Bonchev–Trinajstić information content (AvgIpc) is 2.80. The highest BCUT2D eigenvalue weighted by Crippen LogP contribution is 2.25. The summed E-state index contributed by atoms with van der Waals surface area (Å²) in [5, 5.41) is 2.95. The Labute approximate surface area is 131 Å². The topological polar surface area (TPSA) is 58.6 Å². The quantitative estimate of drug-likeness (QED) is 0.929. The predicted molar refractivity (Wildman–Crippen MR) is 86.0 cm³/mol. The summed E-state index contributed by atoms with van der Waals surface area (Å²) in [6.45, 7) is 8.65. The van der Waals surface area contributed by atoms with Gasteiger partial charge in [-0.3, -0.25) is 9.59 Å². The SMILES string of the molecule is CCOc1ccc(N2CC(NC(=O)C(C)(C)C)CC2=O)cc1. The summed E-state index contributed by atoms with van der Waals surface area (Å²) in [6, 6.07) is 7.32. The van der Waals surface area contributed by atoms with Gasteiger partial charge in [-0.25, -0.2) is 0 Å². The molecule has 1 aliphatic rings. The summed E-state index contributed by atoms with van der Waals surface area (Å²) in [4.78, 5) is 25.9. The number of nitrogens with zero attached hydrogens (tertiary/aromatic N) is 1. The van der Waals surface area contributed by atoms with Gasteiger partial charge in [-0.05, 0) is 31.2 Å². The van der Waals surface area contributed by atoms with Gasteiger partial charge >= 0.3 is 0 Å². The molecule has 1 atom stereocenters. The van der Waals surface area contributed by atoms with Crippen molar-refractivity contribution in [3.8, 4) is 5.75 Å². The van der Waals surface area contributed by atoms with Crippen LogP contribution in [-0.4, -0.2) is 31.0 Å². The molecule has 0 aliphatic carbocycles. The van der Waals surface area contributed by atoms with Crippen molar-refractivity contribution in [2.75, 3.05) is 18.1 Å². The molecule has 0 bridgehead atoms. The zero-order valence-electron chi connectivity index (χ0n) is 13.7. The molecule has 5 heteroatoms. The fraction of sp³-hybridized carbons (Fsp3) is 0.529. The van der Waals surface area contributed by atoms with E-state index < -0.39 is 5.41 Å². The van der Waals surface area contributed by atoms with Crippen LogP contribution >= 0.6 is 0 Å². The largest absolute Gasteiger partial charge is 0.494 e. The molecule has 1 heterocycles. The number of amides is 2. The molecule has 1 fully saturated rings. The van der Waals surface area contributed by atoms with Gasteiger partial charge in [0.15, 0.2) is 0 Å². The monoisotopic (exact) mass is 304 g/mol. The molecule has 1 aromatic rings. The van der Waals surface area contributed by atoms with Crippen molar-refractivity contribution in [3.63, 3.8) is 0 Å². The second-order valence-electron chi connectivity index (χ2n) is 6.56. The number of benzene rings is 1. The van der Waals surface area contributed by atoms with Gasteiger partial charge in [-0.15, -0.1) is 0 Å². The minimum Gasteiger partial charge on any atom is -0.494 e. The van der Waals surface area contributed by atoms with Gasteiger partial charge in [-0.1, -0.05) is 20.8 Å². The summed E-state index contributed by atoms with van der Waals surface area (Å²) >= 11 is 0. The Morgan fingerprint density at radius 1 is 1.32 bits per heavy atom. The number of anilines is 1. The van der Waals surface area contributed by atoms with Crippen molar-refractivity contribution in [2.24, 2.45) is 5.41 Å². The normalized spacial score (nSPS) is 18.5. The van der Waals surface area contributed by atoms with Crippen LogP contribution in [0.25, 0.3) is 0 Å². The minimum atomic E-state index is -0.449. The fourth-order valence-electron chi connectivity index (χ4n) is 2.34. The Balaban J connectivity index is 2.01. The predicted octanol–water partition coefficient (Wildman–Crippen LogP) is 2.35. The van der Waals surface area contributed by atoms with Crippen LogP contribution < -0.4 is 15.0 Å². The number of hydrogen-bond acceptors (Lipinski definition) is 3. The second kappa shape index (κ2) is 6.38. The van der Waals surface area contributed by atoms with Crippen molar-refractivity contribution >= 4 is 17.5 Å². The van der Waals surface area contributed by atoms with Gasteiger partial charge in [0.2, 0.25) is 11.8 Å². The van der Waals surface area contributed by atoms with Gasteiger partial charge in [0.25, 0.3) is 0 Å². The van der Waals surface area contributed by atoms with Crippen molar-refractivity contribution in [1.82, 2.24) is 5.32 Å². The lowest BCUT2D eigenvalue weighted by Crippen LogP contribution is -2.43. The van der Waals surface area contributed by atoms with Gasteiger partial charge < -0.3 is 15.0 Å². The molecular weight excluding hydrogens is 280 g/mol. The molecule has 2 rings (SSSR count). The van der Waals surface area contributed by atoms with E-state index >= 15 is 0 Å². The van der Waals surface area contributed by atoms with Crippen LogP contribution in [0.3, 0.4) is 0 Å². The third-order valence-electron chi connectivity index (χ3n) is 3.60. The number of ether oxygens (including phenoxy) is 1. The van der Waals surface area contributed by atoms with Crippen LogP contribution in [0.4, 0.5) is 5.69 Å². The molecule has 2 amide bonds.